The van der Waals surface area contributed by atoms with Crippen molar-refractivity contribution < 1.29 is 9.18 Å². The molecule has 0 aromatic heterocycles. The topological polar surface area (TPSA) is 53.2 Å². The van der Waals surface area contributed by atoms with Gasteiger partial charge in [0.05, 0.1) is 12.2 Å². The molecule has 0 radical (unpaired) electrons. The number of amides is 1. The predicted molar refractivity (Wildman–Crippen MR) is 72.6 cm³/mol. The highest BCUT2D eigenvalue weighted by atomic mass is 19.1. The molecule has 1 aromatic carbocycles. The fraction of sp³-hybridized carbons (Fsp3) is 0.214. The van der Waals surface area contributed by atoms with Crippen LogP contribution < -0.4 is 16.2 Å². The Bertz CT molecular complexity index is 520. The molecular weight excluding hydrogens is 245 g/mol. The van der Waals surface area contributed by atoms with Crippen LogP contribution in [0.2, 0.25) is 0 Å². The minimum Gasteiger partial charge on any atom is -0.376 e. The van der Waals surface area contributed by atoms with Crippen LogP contribution in [-0.2, 0) is 4.79 Å². The molecule has 0 heterocycles. The van der Waals surface area contributed by atoms with E-state index < -0.39 is 0 Å². The fourth-order valence-corrected chi connectivity index (χ4v) is 1.68. The number of carbonyl (C=O) groups excluding carboxylic acids is 1. The van der Waals surface area contributed by atoms with Crippen molar-refractivity contribution in [3.63, 3.8) is 0 Å². The molecule has 3 N–H and O–H groups in total. The fourth-order valence-electron chi connectivity index (χ4n) is 1.68. The van der Waals surface area contributed by atoms with Crippen LogP contribution >= 0.6 is 0 Å². The highest BCUT2D eigenvalue weighted by molar-refractivity contribution is 5.80. The van der Waals surface area contributed by atoms with E-state index in [2.05, 4.69) is 16.2 Å². The van der Waals surface area contributed by atoms with Crippen LogP contribution in [0.3, 0.4) is 0 Å². The van der Waals surface area contributed by atoms with Gasteiger partial charge in [0.1, 0.15) is 5.82 Å². The van der Waals surface area contributed by atoms with E-state index in [1.165, 1.54) is 17.7 Å². The monoisotopic (exact) mass is 261 g/mol. The van der Waals surface area contributed by atoms with Gasteiger partial charge in [-0.25, -0.2) is 4.39 Å². The van der Waals surface area contributed by atoms with Crippen molar-refractivity contribution in [2.24, 2.45) is 0 Å². The van der Waals surface area contributed by atoms with Crippen LogP contribution in [0.4, 0.5) is 10.1 Å². The van der Waals surface area contributed by atoms with Crippen LogP contribution in [-0.4, -0.2) is 12.5 Å². The first-order valence-electron chi connectivity index (χ1n) is 6.05. The lowest BCUT2D eigenvalue weighted by Gasteiger charge is -2.09. The number of anilines is 1. The molecule has 19 heavy (non-hydrogen) atoms. The van der Waals surface area contributed by atoms with Crippen molar-refractivity contribution in [2.75, 3.05) is 11.9 Å². The lowest BCUT2D eigenvalue weighted by Crippen LogP contribution is -2.39. The van der Waals surface area contributed by atoms with Crippen LogP contribution in [0.25, 0.3) is 0 Å². The van der Waals surface area contributed by atoms with E-state index in [0.717, 1.165) is 12.1 Å². The Morgan fingerprint density at radius 2 is 2.05 bits per heavy atom. The number of hydrogen-bond donors (Lipinski definition) is 3. The summed E-state index contributed by atoms with van der Waals surface area (Å²) in [6, 6.07) is 5.86. The Kier molecular flexibility index (Phi) is 4.18. The van der Waals surface area contributed by atoms with Gasteiger partial charge in [0.25, 0.3) is 5.91 Å². The van der Waals surface area contributed by atoms with Crippen molar-refractivity contribution >= 4 is 11.6 Å². The largest absolute Gasteiger partial charge is 0.376 e. The van der Waals surface area contributed by atoms with Gasteiger partial charge in [0, 0.05) is 5.69 Å². The minimum atomic E-state index is -0.299. The second kappa shape index (κ2) is 6.04. The van der Waals surface area contributed by atoms with E-state index in [0.29, 0.717) is 5.69 Å². The van der Waals surface area contributed by atoms with E-state index in [1.807, 2.05) is 19.1 Å². The van der Waals surface area contributed by atoms with Crippen molar-refractivity contribution in [1.29, 1.82) is 0 Å². The number of nitrogens with one attached hydrogen (secondary N) is 3. The average Bonchev–Trinajstić information content (AvgIpc) is 2.81. The van der Waals surface area contributed by atoms with Crippen LogP contribution in [0.1, 0.15) is 13.3 Å². The summed E-state index contributed by atoms with van der Waals surface area (Å²) in [4.78, 5) is 11.6. The first-order valence-corrected chi connectivity index (χ1v) is 6.05. The van der Waals surface area contributed by atoms with Crippen LogP contribution in [0, 0.1) is 5.82 Å². The molecule has 5 heteroatoms. The van der Waals surface area contributed by atoms with E-state index in [-0.39, 0.29) is 18.3 Å². The normalized spacial score (nSPS) is 13.6. The van der Waals surface area contributed by atoms with Crippen molar-refractivity contribution in [2.45, 2.75) is 13.3 Å². The van der Waals surface area contributed by atoms with Crippen LogP contribution in [0.15, 0.2) is 47.7 Å². The lowest BCUT2D eigenvalue weighted by atomic mass is 10.3. The smallest absolute Gasteiger partial charge is 0.257 e. The number of carbonyl (C=O) groups is 1. The van der Waals surface area contributed by atoms with Gasteiger partial charge in [0.2, 0.25) is 0 Å². The Labute approximate surface area is 111 Å². The van der Waals surface area contributed by atoms with Crippen molar-refractivity contribution in [1.82, 2.24) is 10.9 Å². The number of benzene rings is 1. The summed E-state index contributed by atoms with van der Waals surface area (Å²) in [6.45, 7) is 2.15. The molecule has 0 bridgehead atoms. The first kappa shape index (κ1) is 13.1. The predicted octanol–water partition coefficient (Wildman–Crippen LogP) is 2.09. The first-order chi connectivity index (χ1) is 9.13. The maximum atomic E-state index is 12.7. The molecule has 1 aliphatic rings. The van der Waals surface area contributed by atoms with Crippen molar-refractivity contribution in [3.8, 4) is 0 Å². The molecule has 0 spiro atoms. The molecule has 2 rings (SSSR count). The van der Waals surface area contributed by atoms with Gasteiger partial charge in [-0.3, -0.25) is 15.6 Å². The van der Waals surface area contributed by atoms with Gasteiger partial charge in [-0.05, 0) is 43.7 Å². The molecule has 4 nitrogen and oxygen atoms in total. The van der Waals surface area contributed by atoms with Gasteiger partial charge in [-0.15, -0.1) is 0 Å². The molecule has 0 saturated carbocycles. The maximum Gasteiger partial charge on any atom is 0.257 e. The summed E-state index contributed by atoms with van der Waals surface area (Å²) in [5.41, 5.74) is 8.28. The summed E-state index contributed by atoms with van der Waals surface area (Å²) in [5.74, 6) is -0.491. The summed E-state index contributed by atoms with van der Waals surface area (Å²) in [5, 5.41) is 2.90. The SMILES string of the molecule is CC1=CC(NNC(=O)CNc2ccc(F)cc2)=CC1. The van der Waals surface area contributed by atoms with Gasteiger partial charge in [-0.1, -0.05) is 11.6 Å². The van der Waals surface area contributed by atoms with Gasteiger partial charge in [-0.2, -0.15) is 0 Å². The number of allylic oxidation sites excluding steroid dienone is 3. The molecule has 0 atom stereocenters. The third kappa shape index (κ3) is 4.13. The second-order valence-corrected chi connectivity index (χ2v) is 4.39. The van der Waals surface area contributed by atoms with E-state index in [4.69, 9.17) is 0 Å². The third-order valence-corrected chi connectivity index (χ3v) is 2.69. The zero-order valence-corrected chi connectivity index (χ0v) is 10.7. The van der Waals surface area contributed by atoms with Crippen molar-refractivity contribution in [3.05, 3.63) is 53.5 Å². The number of hydrazine groups is 1. The quantitative estimate of drug-likeness (QED) is 0.711. The molecular formula is C14H16FN3O. The molecule has 0 unspecified atom stereocenters. The zero-order chi connectivity index (χ0) is 13.7. The second-order valence-electron chi connectivity index (χ2n) is 4.39. The Morgan fingerprint density at radius 1 is 1.32 bits per heavy atom. The average molecular weight is 261 g/mol. The molecule has 1 aromatic rings. The molecule has 100 valence electrons. The van der Waals surface area contributed by atoms with Gasteiger partial charge < -0.3 is 5.32 Å². The van der Waals surface area contributed by atoms with E-state index in [9.17, 15) is 9.18 Å². The highest BCUT2D eigenvalue weighted by Gasteiger charge is 2.04. The Balaban J connectivity index is 1.71. The highest BCUT2D eigenvalue weighted by Crippen LogP contribution is 2.13. The standard InChI is InChI=1S/C14H16FN3O/c1-10-2-5-13(8-10)17-18-14(19)9-16-12-6-3-11(15)4-7-12/h3-8,16-17H,2,9H2,1H3,(H,18,19). The van der Waals surface area contributed by atoms with Gasteiger partial charge in [0.15, 0.2) is 0 Å². The summed E-state index contributed by atoms with van der Waals surface area (Å²) < 4.78 is 12.7. The van der Waals surface area contributed by atoms with Gasteiger partial charge >= 0.3 is 0 Å². The number of halogens is 1. The minimum absolute atomic E-state index is 0.120. The third-order valence-electron chi connectivity index (χ3n) is 2.69. The van der Waals surface area contributed by atoms with E-state index >= 15 is 0 Å². The Morgan fingerprint density at radius 3 is 2.68 bits per heavy atom. The lowest BCUT2D eigenvalue weighted by molar-refractivity contribution is -0.120. The maximum absolute atomic E-state index is 12.7. The molecule has 0 aliphatic heterocycles. The molecule has 0 fully saturated rings. The molecule has 0 saturated heterocycles. The van der Waals surface area contributed by atoms with E-state index in [1.54, 1.807) is 12.1 Å². The number of rotatable bonds is 5. The zero-order valence-electron chi connectivity index (χ0n) is 10.7. The molecule has 1 amide bonds. The summed E-state index contributed by atoms with van der Waals surface area (Å²) >= 11 is 0. The molecule has 1 aliphatic carbocycles. The Hall–Kier alpha value is -2.30. The number of hydrogen-bond acceptors (Lipinski definition) is 3. The van der Waals surface area contributed by atoms with Crippen LogP contribution in [0.5, 0.6) is 0 Å². The summed E-state index contributed by atoms with van der Waals surface area (Å²) in [7, 11) is 0. The summed E-state index contributed by atoms with van der Waals surface area (Å²) in [6.07, 6.45) is 4.89.